The molecular weight excluding hydrogens is 274 g/mol. The lowest BCUT2D eigenvalue weighted by molar-refractivity contribution is 0.312. The van der Waals surface area contributed by atoms with Crippen LogP contribution >= 0.6 is 12.4 Å². The fourth-order valence-corrected chi connectivity index (χ4v) is 2.95. The van der Waals surface area contributed by atoms with Crippen LogP contribution in [-0.2, 0) is 6.54 Å². The Hall–Kier alpha value is -1.36. The van der Waals surface area contributed by atoms with Crippen molar-refractivity contribution in [3.63, 3.8) is 0 Å². The van der Waals surface area contributed by atoms with E-state index in [1.807, 2.05) is 0 Å². The number of aromatic nitrogens is 1. The highest BCUT2D eigenvalue weighted by atomic mass is 35.5. The molecule has 1 aliphatic heterocycles. The Morgan fingerprint density at radius 1 is 1.25 bits per heavy atom. The standard InChI is InChI=1S/C15H19N3O.ClH/c16-6-13-7-18(8-14-10-19-11-17-14)9-15(13)12-4-2-1-3-5-12;/h1-5,10-11,13,15H,6-9,16H2;1H/t13-,15+;/m1./s1. The summed E-state index contributed by atoms with van der Waals surface area (Å²) in [5.41, 5.74) is 8.32. The summed E-state index contributed by atoms with van der Waals surface area (Å²) in [7, 11) is 0. The number of halogens is 1. The lowest BCUT2D eigenvalue weighted by atomic mass is 9.89. The largest absolute Gasteiger partial charge is 0.451 e. The van der Waals surface area contributed by atoms with Crippen molar-refractivity contribution in [2.45, 2.75) is 12.5 Å². The summed E-state index contributed by atoms with van der Waals surface area (Å²) in [5.74, 6) is 1.05. The van der Waals surface area contributed by atoms with Crippen LogP contribution in [0, 0.1) is 5.92 Å². The smallest absolute Gasteiger partial charge is 0.180 e. The quantitative estimate of drug-likeness (QED) is 0.939. The molecule has 2 atom stereocenters. The van der Waals surface area contributed by atoms with Gasteiger partial charge in [-0.1, -0.05) is 30.3 Å². The van der Waals surface area contributed by atoms with Gasteiger partial charge in [0.25, 0.3) is 0 Å². The van der Waals surface area contributed by atoms with Gasteiger partial charge in [0.15, 0.2) is 6.39 Å². The fraction of sp³-hybridized carbons (Fsp3) is 0.400. The molecule has 1 saturated heterocycles. The second-order valence-electron chi connectivity index (χ2n) is 5.19. The lowest BCUT2D eigenvalue weighted by Gasteiger charge is -2.16. The fourth-order valence-electron chi connectivity index (χ4n) is 2.95. The molecule has 1 aromatic heterocycles. The van der Waals surface area contributed by atoms with Crippen molar-refractivity contribution >= 4 is 12.4 Å². The molecule has 0 unspecified atom stereocenters. The number of oxazole rings is 1. The average molecular weight is 294 g/mol. The maximum Gasteiger partial charge on any atom is 0.180 e. The first-order valence-corrected chi connectivity index (χ1v) is 6.71. The lowest BCUT2D eigenvalue weighted by Crippen LogP contribution is -2.23. The van der Waals surface area contributed by atoms with Gasteiger partial charge in [0.2, 0.25) is 0 Å². The van der Waals surface area contributed by atoms with Crippen molar-refractivity contribution in [3.8, 4) is 0 Å². The average Bonchev–Trinajstić information content (AvgIpc) is 3.09. The van der Waals surface area contributed by atoms with E-state index in [4.69, 9.17) is 10.2 Å². The number of likely N-dealkylation sites (tertiary alicyclic amines) is 1. The van der Waals surface area contributed by atoms with Crippen LogP contribution in [0.15, 0.2) is 47.4 Å². The number of nitrogens with two attached hydrogens (primary N) is 1. The number of hydrogen-bond donors (Lipinski definition) is 1. The molecule has 0 spiro atoms. The first kappa shape index (κ1) is 15.0. The molecule has 1 aliphatic rings. The first-order valence-electron chi connectivity index (χ1n) is 6.71. The highest BCUT2D eigenvalue weighted by Gasteiger charge is 2.32. The molecule has 4 nitrogen and oxygen atoms in total. The van der Waals surface area contributed by atoms with E-state index in [0.717, 1.165) is 31.9 Å². The Bertz CT molecular complexity index is 503. The Morgan fingerprint density at radius 2 is 2.05 bits per heavy atom. The van der Waals surface area contributed by atoms with Crippen LogP contribution in [0.1, 0.15) is 17.2 Å². The molecule has 0 aliphatic carbocycles. The normalized spacial score (nSPS) is 22.6. The number of nitrogens with zero attached hydrogens (tertiary/aromatic N) is 2. The zero-order valence-corrected chi connectivity index (χ0v) is 12.1. The molecule has 0 bridgehead atoms. The third kappa shape index (κ3) is 3.20. The van der Waals surface area contributed by atoms with Crippen LogP contribution in [-0.4, -0.2) is 29.5 Å². The maximum atomic E-state index is 5.94. The van der Waals surface area contributed by atoms with Crippen molar-refractivity contribution < 1.29 is 4.42 Å². The Morgan fingerprint density at radius 3 is 2.70 bits per heavy atom. The SMILES string of the molecule is Cl.NC[C@@H]1CN(Cc2cocn2)C[C@H]1c1ccccc1. The first-order chi connectivity index (χ1) is 9.36. The Kier molecular flexibility index (Phi) is 5.17. The second kappa shape index (κ2) is 6.88. The van der Waals surface area contributed by atoms with E-state index in [1.54, 1.807) is 6.26 Å². The number of rotatable bonds is 4. The van der Waals surface area contributed by atoms with Crippen LogP contribution in [0.3, 0.4) is 0 Å². The van der Waals surface area contributed by atoms with Crippen LogP contribution in [0.25, 0.3) is 0 Å². The molecule has 108 valence electrons. The monoisotopic (exact) mass is 293 g/mol. The van der Waals surface area contributed by atoms with Gasteiger partial charge in [-0.25, -0.2) is 4.98 Å². The molecule has 1 fully saturated rings. The summed E-state index contributed by atoms with van der Waals surface area (Å²) in [5, 5.41) is 0. The maximum absolute atomic E-state index is 5.94. The Labute approximate surface area is 125 Å². The molecule has 2 aromatic rings. The van der Waals surface area contributed by atoms with E-state index in [2.05, 4.69) is 40.2 Å². The van der Waals surface area contributed by atoms with Crippen molar-refractivity contribution in [1.82, 2.24) is 9.88 Å². The van der Waals surface area contributed by atoms with E-state index in [9.17, 15) is 0 Å². The predicted octanol–water partition coefficient (Wildman–Crippen LogP) is 2.27. The highest BCUT2D eigenvalue weighted by Crippen LogP contribution is 2.32. The summed E-state index contributed by atoms with van der Waals surface area (Å²) in [6, 6.07) is 10.7. The zero-order chi connectivity index (χ0) is 13.1. The third-order valence-corrected chi connectivity index (χ3v) is 3.92. The molecule has 0 saturated carbocycles. The summed E-state index contributed by atoms with van der Waals surface area (Å²) in [4.78, 5) is 6.60. The van der Waals surface area contributed by atoms with Gasteiger partial charge in [-0.3, -0.25) is 4.90 Å². The second-order valence-corrected chi connectivity index (χ2v) is 5.19. The van der Waals surface area contributed by atoms with Gasteiger partial charge in [0.05, 0.1) is 5.69 Å². The molecule has 0 radical (unpaired) electrons. The number of benzene rings is 1. The van der Waals surface area contributed by atoms with Crippen molar-refractivity contribution in [2.75, 3.05) is 19.6 Å². The molecule has 1 aromatic carbocycles. The van der Waals surface area contributed by atoms with Crippen LogP contribution in [0.4, 0.5) is 0 Å². The summed E-state index contributed by atoms with van der Waals surface area (Å²) >= 11 is 0. The van der Waals surface area contributed by atoms with Gasteiger partial charge in [-0.2, -0.15) is 0 Å². The highest BCUT2D eigenvalue weighted by molar-refractivity contribution is 5.85. The summed E-state index contributed by atoms with van der Waals surface area (Å²) in [6.45, 7) is 3.65. The molecule has 5 heteroatoms. The molecule has 20 heavy (non-hydrogen) atoms. The van der Waals surface area contributed by atoms with Gasteiger partial charge < -0.3 is 10.2 Å². The van der Waals surface area contributed by atoms with Crippen LogP contribution in [0.2, 0.25) is 0 Å². The minimum atomic E-state index is 0. The topological polar surface area (TPSA) is 55.3 Å². The Balaban J connectivity index is 0.00000147. The van der Waals surface area contributed by atoms with E-state index < -0.39 is 0 Å². The summed E-state index contributed by atoms with van der Waals surface area (Å²) in [6.07, 6.45) is 3.20. The van der Waals surface area contributed by atoms with Crippen molar-refractivity contribution in [1.29, 1.82) is 0 Å². The van der Waals surface area contributed by atoms with E-state index >= 15 is 0 Å². The minimum absolute atomic E-state index is 0. The van der Waals surface area contributed by atoms with E-state index in [1.165, 1.54) is 12.0 Å². The third-order valence-electron chi connectivity index (χ3n) is 3.92. The van der Waals surface area contributed by atoms with Gasteiger partial charge in [0.1, 0.15) is 6.26 Å². The van der Waals surface area contributed by atoms with E-state index in [-0.39, 0.29) is 12.4 Å². The minimum Gasteiger partial charge on any atom is -0.451 e. The van der Waals surface area contributed by atoms with Crippen molar-refractivity contribution in [3.05, 3.63) is 54.2 Å². The number of hydrogen-bond acceptors (Lipinski definition) is 4. The molecule has 2 N–H and O–H groups in total. The molecular formula is C15H20ClN3O. The van der Waals surface area contributed by atoms with Gasteiger partial charge in [-0.15, -0.1) is 12.4 Å². The summed E-state index contributed by atoms with van der Waals surface area (Å²) < 4.78 is 5.03. The predicted molar refractivity (Wildman–Crippen MR) is 80.8 cm³/mol. The van der Waals surface area contributed by atoms with Gasteiger partial charge >= 0.3 is 0 Å². The van der Waals surface area contributed by atoms with E-state index in [0.29, 0.717) is 11.8 Å². The van der Waals surface area contributed by atoms with Crippen LogP contribution < -0.4 is 5.73 Å². The van der Waals surface area contributed by atoms with Crippen molar-refractivity contribution in [2.24, 2.45) is 11.7 Å². The molecule has 0 amide bonds. The van der Waals surface area contributed by atoms with Gasteiger partial charge in [-0.05, 0) is 18.0 Å². The molecule has 3 rings (SSSR count). The van der Waals surface area contributed by atoms with Crippen LogP contribution in [0.5, 0.6) is 0 Å². The zero-order valence-electron chi connectivity index (χ0n) is 11.3. The van der Waals surface area contributed by atoms with Gasteiger partial charge in [0, 0.05) is 25.6 Å². The molecule has 2 heterocycles.